The Morgan fingerprint density at radius 2 is 1.97 bits per heavy atom. The van der Waals surface area contributed by atoms with Crippen LogP contribution in [0, 0.1) is 0 Å². The molecule has 9 nitrogen and oxygen atoms in total. The Labute approximate surface area is 182 Å². The van der Waals surface area contributed by atoms with Gasteiger partial charge in [0.25, 0.3) is 11.5 Å². The van der Waals surface area contributed by atoms with E-state index in [1.165, 1.54) is 16.0 Å². The smallest absolute Gasteiger partial charge is 0.282 e. The lowest BCUT2D eigenvalue weighted by Gasteiger charge is -2.11. The minimum atomic E-state index is -0.402. The Morgan fingerprint density at radius 3 is 2.65 bits per heavy atom. The number of nitrogens with zero attached hydrogens (tertiary/aromatic N) is 5. The van der Waals surface area contributed by atoms with Gasteiger partial charge in [-0.05, 0) is 12.1 Å². The number of rotatable bonds is 7. The van der Waals surface area contributed by atoms with Crippen LogP contribution in [0.4, 0.5) is 5.13 Å². The first-order chi connectivity index (χ1) is 15.0. The molecule has 1 aromatic carbocycles. The van der Waals surface area contributed by atoms with E-state index < -0.39 is 5.91 Å². The van der Waals surface area contributed by atoms with Crippen LogP contribution in [0.15, 0.2) is 47.5 Å². The van der Waals surface area contributed by atoms with Crippen LogP contribution in [0.25, 0.3) is 16.9 Å². The number of para-hydroxylation sites is 1. The van der Waals surface area contributed by atoms with Gasteiger partial charge < -0.3 is 9.30 Å². The zero-order chi connectivity index (χ0) is 22.0. The summed E-state index contributed by atoms with van der Waals surface area (Å²) in [5.41, 5.74) is 1.30. The molecule has 0 radical (unpaired) electrons. The Hall–Kier alpha value is -3.37. The quantitative estimate of drug-likeness (QED) is 0.476. The van der Waals surface area contributed by atoms with Crippen LogP contribution in [-0.2, 0) is 11.3 Å². The number of amides is 1. The molecule has 3 heterocycles. The summed E-state index contributed by atoms with van der Waals surface area (Å²) in [6, 6.07) is 9.11. The summed E-state index contributed by atoms with van der Waals surface area (Å²) in [6.07, 6.45) is 3.37. The maximum atomic E-state index is 13.1. The number of hydrogen-bond acceptors (Lipinski definition) is 7. The van der Waals surface area contributed by atoms with Crippen molar-refractivity contribution < 1.29 is 9.53 Å². The first kappa shape index (κ1) is 20.9. The van der Waals surface area contributed by atoms with Gasteiger partial charge in [-0.2, -0.15) is 9.78 Å². The van der Waals surface area contributed by atoms with E-state index >= 15 is 0 Å². The molecule has 2 aromatic rings. The molecule has 0 unspecified atom stereocenters. The van der Waals surface area contributed by atoms with Crippen molar-refractivity contribution >= 4 is 22.4 Å². The molecule has 0 fully saturated rings. The van der Waals surface area contributed by atoms with Gasteiger partial charge in [0, 0.05) is 32.0 Å². The van der Waals surface area contributed by atoms with Gasteiger partial charge in [0.05, 0.1) is 23.4 Å². The molecule has 31 heavy (non-hydrogen) atoms. The molecular formula is C21H22N6O3S. The van der Waals surface area contributed by atoms with Gasteiger partial charge in [0.2, 0.25) is 5.13 Å². The maximum Gasteiger partial charge on any atom is 0.282 e. The molecule has 0 saturated heterocycles. The third kappa shape index (κ3) is 4.25. The number of carbonyl (C=O) groups is 1. The van der Waals surface area contributed by atoms with Crippen molar-refractivity contribution in [3.05, 3.63) is 63.7 Å². The zero-order valence-corrected chi connectivity index (χ0v) is 18.2. The highest BCUT2D eigenvalue weighted by Gasteiger charge is 2.25. The van der Waals surface area contributed by atoms with Gasteiger partial charge in [-0.3, -0.25) is 14.9 Å². The molecule has 1 N–H and O–H groups in total. The van der Waals surface area contributed by atoms with Crippen LogP contribution in [0.2, 0.25) is 0 Å². The fourth-order valence-electron chi connectivity index (χ4n) is 3.08. The molecule has 2 aliphatic rings. The lowest BCUT2D eigenvalue weighted by atomic mass is 10.1. The van der Waals surface area contributed by atoms with Crippen LogP contribution in [-0.4, -0.2) is 44.2 Å². The minimum Gasteiger partial charge on any atom is -0.383 e. The molecule has 160 valence electrons. The predicted octanol–water partition coefficient (Wildman–Crippen LogP) is 3.01. The number of pyridine rings is 1. The van der Waals surface area contributed by atoms with Crippen LogP contribution >= 0.6 is 11.3 Å². The SMILES string of the molecule is COCCn1cc(C(=O)Nc2nnc(C(C)C)s2)c2nn(-c3ccccc3)c(=O)c-2c1. The summed E-state index contributed by atoms with van der Waals surface area (Å²) in [5, 5.41) is 16.6. The Kier molecular flexibility index (Phi) is 5.92. The fourth-order valence-corrected chi connectivity index (χ4v) is 3.82. The lowest BCUT2D eigenvalue weighted by Crippen LogP contribution is -2.18. The van der Waals surface area contributed by atoms with Gasteiger partial charge in [0.15, 0.2) is 0 Å². The highest BCUT2D eigenvalue weighted by molar-refractivity contribution is 7.15. The minimum absolute atomic E-state index is 0.215. The van der Waals surface area contributed by atoms with E-state index in [-0.39, 0.29) is 17.0 Å². The molecule has 0 bridgehead atoms. The van der Waals surface area contributed by atoms with Gasteiger partial charge >= 0.3 is 0 Å². The number of hydrogen-bond donors (Lipinski definition) is 1. The second-order valence-electron chi connectivity index (χ2n) is 7.27. The monoisotopic (exact) mass is 438 g/mol. The third-order valence-electron chi connectivity index (χ3n) is 4.68. The number of aromatic nitrogens is 5. The fraction of sp³-hybridized carbons (Fsp3) is 0.286. The van der Waals surface area contributed by atoms with Crippen molar-refractivity contribution in [3.63, 3.8) is 0 Å². The summed E-state index contributed by atoms with van der Waals surface area (Å²) in [5.74, 6) is -0.187. The van der Waals surface area contributed by atoms with E-state index in [1.54, 1.807) is 36.2 Å². The molecule has 2 aliphatic heterocycles. The molecular weight excluding hydrogens is 416 g/mol. The van der Waals surface area contributed by atoms with E-state index in [2.05, 4.69) is 20.6 Å². The Balaban J connectivity index is 1.78. The van der Waals surface area contributed by atoms with Crippen molar-refractivity contribution in [1.82, 2.24) is 24.5 Å². The lowest BCUT2D eigenvalue weighted by molar-refractivity contribution is 0.102. The van der Waals surface area contributed by atoms with Gasteiger partial charge in [-0.25, -0.2) is 0 Å². The number of methoxy groups -OCH3 is 1. The Morgan fingerprint density at radius 1 is 1.19 bits per heavy atom. The number of nitrogens with one attached hydrogen (secondary N) is 1. The van der Waals surface area contributed by atoms with E-state index in [0.29, 0.717) is 35.2 Å². The molecule has 0 saturated carbocycles. The van der Waals surface area contributed by atoms with Crippen LogP contribution in [0.3, 0.4) is 0 Å². The standard InChI is InChI=1S/C21H22N6O3S/c1-13(2)19-23-24-21(31-19)22-18(28)15-11-26(9-10-30-3)12-16-17(15)25-27(20(16)29)14-7-5-4-6-8-14/h4-8,11-13H,9-10H2,1-3H3,(H,22,24,28). The van der Waals surface area contributed by atoms with E-state index in [9.17, 15) is 9.59 Å². The average Bonchev–Trinajstić information content (AvgIpc) is 3.37. The number of anilines is 1. The summed E-state index contributed by atoms with van der Waals surface area (Å²) < 4.78 is 8.22. The summed E-state index contributed by atoms with van der Waals surface area (Å²) in [7, 11) is 1.60. The van der Waals surface area contributed by atoms with Crippen LogP contribution < -0.4 is 10.9 Å². The normalized spacial score (nSPS) is 11.4. The average molecular weight is 439 g/mol. The summed E-state index contributed by atoms with van der Waals surface area (Å²) in [6.45, 7) is 4.94. The molecule has 0 spiro atoms. The zero-order valence-electron chi connectivity index (χ0n) is 17.4. The van der Waals surface area contributed by atoms with Crippen molar-refractivity contribution in [2.24, 2.45) is 0 Å². The van der Waals surface area contributed by atoms with Crippen molar-refractivity contribution in [2.75, 3.05) is 19.0 Å². The van der Waals surface area contributed by atoms with Crippen molar-refractivity contribution in [3.8, 4) is 16.9 Å². The van der Waals surface area contributed by atoms with E-state index in [0.717, 1.165) is 5.01 Å². The van der Waals surface area contributed by atoms with Gasteiger partial charge in [0.1, 0.15) is 10.7 Å². The topological polar surface area (TPSA) is 104 Å². The van der Waals surface area contributed by atoms with E-state index in [4.69, 9.17) is 4.74 Å². The molecule has 1 amide bonds. The first-order valence-electron chi connectivity index (χ1n) is 9.80. The van der Waals surface area contributed by atoms with Crippen molar-refractivity contribution in [2.45, 2.75) is 26.3 Å². The van der Waals surface area contributed by atoms with Crippen molar-refractivity contribution in [1.29, 1.82) is 0 Å². The molecule has 10 heteroatoms. The summed E-state index contributed by atoms with van der Waals surface area (Å²) in [4.78, 5) is 26.2. The van der Waals surface area contributed by atoms with Gasteiger partial charge in [-0.1, -0.05) is 43.4 Å². The number of ether oxygens (including phenoxy) is 1. The second kappa shape index (κ2) is 8.78. The molecule has 1 aromatic heterocycles. The third-order valence-corrected chi connectivity index (χ3v) is 5.82. The first-order valence-corrected chi connectivity index (χ1v) is 10.6. The highest BCUT2D eigenvalue weighted by atomic mass is 32.1. The Bertz CT molecular complexity index is 1230. The molecule has 0 atom stereocenters. The highest BCUT2D eigenvalue weighted by Crippen LogP contribution is 2.26. The maximum absolute atomic E-state index is 13.1. The molecule has 4 rings (SSSR count). The predicted molar refractivity (Wildman–Crippen MR) is 118 cm³/mol. The number of carbonyl (C=O) groups excluding carboxylic acids is 1. The number of benzene rings is 1. The van der Waals surface area contributed by atoms with Crippen LogP contribution in [0.5, 0.6) is 0 Å². The second-order valence-corrected chi connectivity index (χ2v) is 8.28. The summed E-state index contributed by atoms with van der Waals surface area (Å²) >= 11 is 1.32. The molecule has 0 aliphatic carbocycles. The van der Waals surface area contributed by atoms with E-state index in [1.807, 2.05) is 32.0 Å². The largest absolute Gasteiger partial charge is 0.383 e. The van der Waals surface area contributed by atoms with Gasteiger partial charge in [-0.15, -0.1) is 10.2 Å². The number of fused-ring (bicyclic) bond motifs is 1. The van der Waals surface area contributed by atoms with Crippen LogP contribution in [0.1, 0.15) is 35.1 Å².